The van der Waals surface area contributed by atoms with Gasteiger partial charge in [-0.3, -0.25) is 0 Å². The molecule has 1 aromatic rings. The van der Waals surface area contributed by atoms with Gasteiger partial charge in [0, 0.05) is 6.42 Å². The molecule has 0 amide bonds. The molecule has 5 heteroatoms. The molecule has 1 N–H and O–H groups in total. The number of phenolic OH excluding ortho intramolecular Hbond substituents is 1. The lowest BCUT2D eigenvalue weighted by Gasteiger charge is -2.22. The maximum absolute atomic E-state index is 9.62. The highest BCUT2D eigenvalue weighted by Gasteiger charge is 2.30. The molecule has 1 aromatic carbocycles. The van der Waals surface area contributed by atoms with Gasteiger partial charge < -0.3 is 14.6 Å². The summed E-state index contributed by atoms with van der Waals surface area (Å²) in [6, 6.07) is 3.83. The Bertz CT molecular complexity index is 391. The Hall–Kier alpha value is -0.100. The third kappa shape index (κ3) is 3.22. The van der Waals surface area contributed by atoms with Crippen LogP contribution in [-0.2, 0) is 15.9 Å². The summed E-state index contributed by atoms with van der Waals surface area (Å²) in [5, 5.41) is 9.62. The van der Waals surface area contributed by atoms with Crippen LogP contribution in [0.15, 0.2) is 21.1 Å². The van der Waals surface area contributed by atoms with Crippen molar-refractivity contribution in [3.8, 4) is 5.75 Å². The summed E-state index contributed by atoms with van der Waals surface area (Å²) in [5.74, 6) is -0.232. The molecule has 17 heavy (non-hydrogen) atoms. The molecule has 0 unspecified atom stereocenters. The van der Waals surface area contributed by atoms with Crippen LogP contribution in [0, 0.1) is 0 Å². The van der Waals surface area contributed by atoms with Crippen molar-refractivity contribution in [2.45, 2.75) is 25.6 Å². The smallest absolute Gasteiger partial charge is 0.166 e. The van der Waals surface area contributed by atoms with Gasteiger partial charge in [-0.1, -0.05) is 0 Å². The molecular formula is C12H14Br2O3. The van der Waals surface area contributed by atoms with Crippen molar-refractivity contribution >= 4 is 31.9 Å². The number of aromatic hydroxyl groups is 1. The minimum atomic E-state index is -0.461. The monoisotopic (exact) mass is 364 g/mol. The molecule has 1 fully saturated rings. The molecule has 94 valence electrons. The molecule has 1 saturated heterocycles. The molecule has 0 saturated carbocycles. The van der Waals surface area contributed by atoms with Crippen LogP contribution in [0.3, 0.4) is 0 Å². The summed E-state index contributed by atoms with van der Waals surface area (Å²) in [6.07, 6.45) is 1.64. The molecule has 0 bridgehead atoms. The van der Waals surface area contributed by atoms with Crippen molar-refractivity contribution in [1.29, 1.82) is 0 Å². The van der Waals surface area contributed by atoms with Gasteiger partial charge in [0.25, 0.3) is 0 Å². The first-order chi connectivity index (χ1) is 8.00. The van der Waals surface area contributed by atoms with Crippen molar-refractivity contribution in [1.82, 2.24) is 0 Å². The van der Waals surface area contributed by atoms with Crippen molar-refractivity contribution in [3.63, 3.8) is 0 Å². The number of ether oxygens (including phenoxy) is 2. The molecule has 1 aliphatic rings. The largest absolute Gasteiger partial charge is 0.506 e. The average molecular weight is 366 g/mol. The first kappa shape index (κ1) is 13.3. The van der Waals surface area contributed by atoms with Crippen molar-refractivity contribution in [3.05, 3.63) is 26.6 Å². The SMILES string of the molecule is CC1(CCc2cc(Br)c(O)c(Br)c2)OCCO1. The zero-order valence-electron chi connectivity index (χ0n) is 9.50. The Labute approximate surface area is 117 Å². The van der Waals surface area contributed by atoms with Gasteiger partial charge in [-0.25, -0.2) is 0 Å². The highest BCUT2D eigenvalue weighted by molar-refractivity contribution is 9.11. The summed E-state index contributed by atoms with van der Waals surface area (Å²) in [7, 11) is 0. The van der Waals surface area contributed by atoms with Gasteiger partial charge in [-0.05, 0) is 62.9 Å². The molecule has 3 nitrogen and oxygen atoms in total. The van der Waals surface area contributed by atoms with Crippen molar-refractivity contribution < 1.29 is 14.6 Å². The number of aryl methyl sites for hydroxylation is 1. The van der Waals surface area contributed by atoms with Crippen molar-refractivity contribution in [2.75, 3.05) is 13.2 Å². The lowest BCUT2D eigenvalue weighted by molar-refractivity contribution is -0.146. The van der Waals surface area contributed by atoms with Gasteiger partial charge in [0.05, 0.1) is 22.2 Å². The fourth-order valence-electron chi connectivity index (χ4n) is 1.83. The lowest BCUT2D eigenvalue weighted by Crippen LogP contribution is -2.26. The van der Waals surface area contributed by atoms with Crippen LogP contribution >= 0.6 is 31.9 Å². The van der Waals surface area contributed by atoms with E-state index in [1.807, 2.05) is 19.1 Å². The first-order valence-electron chi connectivity index (χ1n) is 5.45. The van der Waals surface area contributed by atoms with Crippen LogP contribution in [0.2, 0.25) is 0 Å². The summed E-state index contributed by atoms with van der Waals surface area (Å²) in [6.45, 7) is 3.30. The Balaban J connectivity index is 2.04. The minimum absolute atomic E-state index is 0.230. The van der Waals surface area contributed by atoms with Gasteiger partial charge in [0.15, 0.2) is 5.79 Å². The van der Waals surface area contributed by atoms with E-state index in [0.29, 0.717) is 22.2 Å². The molecule has 2 rings (SSSR count). The zero-order chi connectivity index (χ0) is 12.5. The number of hydrogen-bond donors (Lipinski definition) is 1. The second kappa shape index (κ2) is 5.26. The van der Waals surface area contributed by atoms with Gasteiger partial charge in [0.2, 0.25) is 0 Å². The Kier molecular flexibility index (Phi) is 4.13. The molecule has 0 spiro atoms. The highest BCUT2D eigenvalue weighted by Crippen LogP contribution is 2.34. The van der Waals surface area contributed by atoms with Crippen LogP contribution in [0.25, 0.3) is 0 Å². The predicted octanol–water partition coefficient (Wildman–Crippen LogP) is 3.61. The van der Waals surface area contributed by atoms with E-state index in [1.54, 1.807) is 0 Å². The topological polar surface area (TPSA) is 38.7 Å². The van der Waals surface area contributed by atoms with E-state index in [9.17, 15) is 5.11 Å². The standard InChI is InChI=1S/C12H14Br2O3/c1-12(16-4-5-17-12)3-2-8-6-9(13)11(15)10(14)7-8/h6-7,15H,2-5H2,1H3. The number of rotatable bonds is 3. The molecule has 1 aliphatic heterocycles. The molecule has 0 aliphatic carbocycles. The van der Waals surface area contributed by atoms with E-state index >= 15 is 0 Å². The Morgan fingerprint density at radius 3 is 2.29 bits per heavy atom. The van der Waals surface area contributed by atoms with E-state index in [0.717, 1.165) is 18.4 Å². The quantitative estimate of drug-likeness (QED) is 0.889. The van der Waals surface area contributed by atoms with Gasteiger partial charge in [0.1, 0.15) is 5.75 Å². The van der Waals surface area contributed by atoms with Crippen LogP contribution in [0.4, 0.5) is 0 Å². The summed E-state index contributed by atoms with van der Waals surface area (Å²) in [5.41, 5.74) is 1.13. The number of benzene rings is 1. The molecule has 1 heterocycles. The third-order valence-electron chi connectivity index (χ3n) is 2.84. The number of phenols is 1. The number of halogens is 2. The number of hydrogen-bond acceptors (Lipinski definition) is 3. The van der Waals surface area contributed by atoms with Crippen LogP contribution in [-0.4, -0.2) is 24.1 Å². The van der Waals surface area contributed by atoms with Gasteiger partial charge in [-0.15, -0.1) is 0 Å². The fourth-order valence-corrected chi connectivity index (χ4v) is 3.12. The highest BCUT2D eigenvalue weighted by atomic mass is 79.9. The molecular weight excluding hydrogens is 352 g/mol. The normalized spacial score (nSPS) is 18.5. The van der Waals surface area contributed by atoms with E-state index in [2.05, 4.69) is 31.9 Å². The molecule has 0 atom stereocenters. The van der Waals surface area contributed by atoms with Crippen molar-refractivity contribution in [2.24, 2.45) is 0 Å². The lowest BCUT2D eigenvalue weighted by atomic mass is 10.1. The van der Waals surface area contributed by atoms with E-state index in [1.165, 1.54) is 0 Å². The summed E-state index contributed by atoms with van der Waals surface area (Å²) in [4.78, 5) is 0. The van der Waals surface area contributed by atoms with Gasteiger partial charge >= 0.3 is 0 Å². The van der Waals surface area contributed by atoms with Crippen LogP contribution in [0.5, 0.6) is 5.75 Å². The Morgan fingerprint density at radius 2 is 1.76 bits per heavy atom. The van der Waals surface area contributed by atoms with E-state index < -0.39 is 5.79 Å². The second-order valence-electron chi connectivity index (χ2n) is 4.24. The van der Waals surface area contributed by atoms with E-state index in [-0.39, 0.29) is 5.75 Å². The predicted molar refractivity (Wildman–Crippen MR) is 72.1 cm³/mol. The minimum Gasteiger partial charge on any atom is -0.506 e. The third-order valence-corrected chi connectivity index (χ3v) is 4.05. The Morgan fingerprint density at radius 1 is 1.24 bits per heavy atom. The summed E-state index contributed by atoms with van der Waals surface area (Å²) >= 11 is 6.64. The second-order valence-corrected chi connectivity index (χ2v) is 5.95. The van der Waals surface area contributed by atoms with Crippen LogP contribution in [0.1, 0.15) is 18.9 Å². The fraction of sp³-hybridized carbons (Fsp3) is 0.500. The van der Waals surface area contributed by atoms with Crippen LogP contribution < -0.4 is 0 Å². The zero-order valence-corrected chi connectivity index (χ0v) is 12.7. The summed E-state index contributed by atoms with van der Waals surface area (Å²) < 4.78 is 12.5. The van der Waals surface area contributed by atoms with Gasteiger partial charge in [-0.2, -0.15) is 0 Å². The molecule has 0 aromatic heterocycles. The average Bonchev–Trinajstić information content (AvgIpc) is 2.71. The van der Waals surface area contributed by atoms with E-state index in [4.69, 9.17) is 9.47 Å². The first-order valence-corrected chi connectivity index (χ1v) is 7.03. The maximum atomic E-state index is 9.62. The maximum Gasteiger partial charge on any atom is 0.166 e. The molecule has 0 radical (unpaired) electrons.